The van der Waals surface area contributed by atoms with E-state index >= 15 is 0 Å². The molecule has 2 heterocycles. The van der Waals surface area contributed by atoms with Gasteiger partial charge in [-0.3, -0.25) is 0 Å². The van der Waals surface area contributed by atoms with Gasteiger partial charge in [-0.2, -0.15) is 0 Å². The van der Waals surface area contributed by atoms with E-state index in [0.29, 0.717) is 5.69 Å². The molecule has 14 heavy (non-hydrogen) atoms. The maximum Gasteiger partial charge on any atom is 0.155 e. The van der Waals surface area contributed by atoms with Crippen LogP contribution in [0.5, 0.6) is 0 Å². The van der Waals surface area contributed by atoms with Gasteiger partial charge >= 0.3 is 0 Å². The van der Waals surface area contributed by atoms with Crippen molar-refractivity contribution >= 4 is 0 Å². The lowest BCUT2D eigenvalue weighted by Gasteiger charge is -2.00. The van der Waals surface area contributed by atoms with Crippen molar-refractivity contribution in [2.45, 2.75) is 20.1 Å². The summed E-state index contributed by atoms with van der Waals surface area (Å²) in [6.07, 6.45) is 5.14. The number of hydrogen-bond donors (Lipinski definition) is 2. The predicted octanol–water partition coefficient (Wildman–Crippen LogP) is 0.785. The number of aromatic amines is 1. The second-order valence-electron chi connectivity index (χ2n) is 2.98. The normalized spacial score (nSPS) is 10.7. The molecule has 0 aliphatic carbocycles. The zero-order valence-electron chi connectivity index (χ0n) is 7.94. The maximum absolute atomic E-state index is 8.88. The Morgan fingerprint density at radius 2 is 2.36 bits per heavy atom. The fourth-order valence-electron chi connectivity index (χ4n) is 1.34. The molecule has 2 rings (SSSR count). The minimum Gasteiger partial charge on any atom is -0.390 e. The quantitative estimate of drug-likeness (QED) is 0.755. The van der Waals surface area contributed by atoms with E-state index in [1.54, 1.807) is 18.7 Å². The molecule has 0 saturated carbocycles. The van der Waals surface area contributed by atoms with Crippen molar-refractivity contribution in [1.82, 2.24) is 19.5 Å². The number of imidazole rings is 2. The van der Waals surface area contributed by atoms with Crippen LogP contribution in [0.4, 0.5) is 0 Å². The molecule has 5 nitrogen and oxygen atoms in total. The number of aliphatic hydroxyl groups is 1. The van der Waals surface area contributed by atoms with Gasteiger partial charge in [0.2, 0.25) is 0 Å². The molecule has 0 aromatic carbocycles. The molecule has 0 aliphatic heterocycles. The fourth-order valence-corrected chi connectivity index (χ4v) is 1.34. The molecule has 0 bridgehead atoms. The van der Waals surface area contributed by atoms with Crippen molar-refractivity contribution < 1.29 is 5.11 Å². The molecule has 0 fully saturated rings. The Morgan fingerprint density at radius 3 is 3.00 bits per heavy atom. The molecule has 0 atom stereocenters. The Balaban J connectivity index is 2.38. The lowest BCUT2D eigenvalue weighted by atomic mass is 10.4. The number of nitrogens with zero attached hydrogens (tertiary/aromatic N) is 3. The van der Waals surface area contributed by atoms with E-state index in [-0.39, 0.29) is 6.61 Å². The second kappa shape index (κ2) is 3.63. The van der Waals surface area contributed by atoms with E-state index < -0.39 is 0 Å². The molecule has 2 aromatic rings. The summed E-state index contributed by atoms with van der Waals surface area (Å²) in [4.78, 5) is 11.2. The number of rotatable bonds is 3. The zero-order valence-corrected chi connectivity index (χ0v) is 7.94. The first-order chi connectivity index (χ1) is 6.85. The van der Waals surface area contributed by atoms with Crippen molar-refractivity contribution in [3.05, 3.63) is 24.4 Å². The largest absolute Gasteiger partial charge is 0.390 e. The molecular formula is C9H12N4O. The Hall–Kier alpha value is -1.62. The summed E-state index contributed by atoms with van der Waals surface area (Å²) >= 11 is 0. The SMILES string of the molecule is CCn1cncc1-c1ncc(CO)[nH]1. The third-order valence-corrected chi connectivity index (χ3v) is 2.09. The van der Waals surface area contributed by atoms with Gasteiger partial charge in [0.25, 0.3) is 0 Å². The van der Waals surface area contributed by atoms with Crippen molar-refractivity contribution in [2.75, 3.05) is 0 Å². The highest BCUT2D eigenvalue weighted by Gasteiger charge is 2.07. The molecule has 0 unspecified atom stereocenters. The van der Waals surface area contributed by atoms with E-state index in [2.05, 4.69) is 15.0 Å². The van der Waals surface area contributed by atoms with Crippen LogP contribution in [0.2, 0.25) is 0 Å². The summed E-state index contributed by atoms with van der Waals surface area (Å²) in [5.74, 6) is 0.744. The minimum atomic E-state index is -0.0206. The molecule has 5 heteroatoms. The van der Waals surface area contributed by atoms with Gasteiger partial charge in [-0.05, 0) is 6.92 Å². The first kappa shape index (κ1) is 8.96. The third kappa shape index (κ3) is 1.42. The van der Waals surface area contributed by atoms with Gasteiger partial charge in [-0.15, -0.1) is 0 Å². The smallest absolute Gasteiger partial charge is 0.155 e. The number of nitrogens with one attached hydrogen (secondary N) is 1. The Morgan fingerprint density at radius 1 is 1.50 bits per heavy atom. The van der Waals surface area contributed by atoms with Gasteiger partial charge in [0.15, 0.2) is 5.82 Å². The summed E-state index contributed by atoms with van der Waals surface area (Å²) < 4.78 is 1.99. The average molecular weight is 192 g/mol. The van der Waals surface area contributed by atoms with E-state index in [4.69, 9.17) is 5.11 Å². The van der Waals surface area contributed by atoms with E-state index in [9.17, 15) is 0 Å². The van der Waals surface area contributed by atoms with Crippen molar-refractivity contribution in [3.63, 3.8) is 0 Å². The van der Waals surface area contributed by atoms with Gasteiger partial charge in [-0.25, -0.2) is 9.97 Å². The summed E-state index contributed by atoms with van der Waals surface area (Å²) in [5, 5.41) is 8.88. The summed E-state index contributed by atoms with van der Waals surface area (Å²) in [5.41, 5.74) is 1.65. The van der Waals surface area contributed by atoms with Crippen LogP contribution in [0, 0.1) is 0 Å². The van der Waals surface area contributed by atoms with Gasteiger partial charge < -0.3 is 14.7 Å². The van der Waals surface area contributed by atoms with Crippen LogP contribution in [-0.4, -0.2) is 24.6 Å². The number of aryl methyl sites for hydroxylation is 1. The van der Waals surface area contributed by atoms with Crippen LogP contribution in [0.15, 0.2) is 18.7 Å². The lowest BCUT2D eigenvalue weighted by molar-refractivity contribution is 0.277. The standard InChI is InChI=1S/C9H12N4O/c1-2-13-6-10-4-8(13)9-11-3-7(5-14)12-9/h3-4,6,14H,2,5H2,1H3,(H,11,12). The van der Waals surface area contributed by atoms with Crippen LogP contribution < -0.4 is 0 Å². The number of aliphatic hydroxyl groups excluding tert-OH is 1. The van der Waals surface area contributed by atoms with E-state index in [0.717, 1.165) is 18.1 Å². The fraction of sp³-hybridized carbons (Fsp3) is 0.333. The summed E-state index contributed by atoms with van der Waals surface area (Å²) in [7, 11) is 0. The molecule has 74 valence electrons. The first-order valence-electron chi connectivity index (χ1n) is 4.50. The Bertz CT molecular complexity index is 418. The second-order valence-corrected chi connectivity index (χ2v) is 2.98. The number of aromatic nitrogens is 4. The van der Waals surface area contributed by atoms with Gasteiger partial charge in [0.05, 0.1) is 31.0 Å². The first-order valence-corrected chi connectivity index (χ1v) is 4.50. The highest BCUT2D eigenvalue weighted by atomic mass is 16.3. The molecule has 2 N–H and O–H groups in total. The molecule has 0 saturated heterocycles. The molecule has 0 radical (unpaired) electrons. The Kier molecular flexibility index (Phi) is 2.32. The van der Waals surface area contributed by atoms with E-state index in [1.807, 2.05) is 11.5 Å². The number of H-pyrrole nitrogens is 1. The van der Waals surface area contributed by atoms with Crippen molar-refractivity contribution in [3.8, 4) is 11.5 Å². The van der Waals surface area contributed by atoms with Crippen LogP contribution in [0.1, 0.15) is 12.6 Å². The molecular weight excluding hydrogens is 180 g/mol. The maximum atomic E-state index is 8.88. The monoisotopic (exact) mass is 192 g/mol. The highest BCUT2D eigenvalue weighted by Crippen LogP contribution is 2.14. The van der Waals surface area contributed by atoms with Gasteiger partial charge in [0.1, 0.15) is 5.69 Å². The topological polar surface area (TPSA) is 66.7 Å². The molecule has 0 amide bonds. The van der Waals surface area contributed by atoms with E-state index in [1.165, 1.54) is 0 Å². The Labute approximate surface area is 81.4 Å². The number of hydrogen-bond acceptors (Lipinski definition) is 3. The summed E-state index contributed by atoms with van der Waals surface area (Å²) in [6, 6.07) is 0. The third-order valence-electron chi connectivity index (χ3n) is 2.09. The molecule has 2 aromatic heterocycles. The summed E-state index contributed by atoms with van der Waals surface area (Å²) in [6.45, 7) is 2.87. The van der Waals surface area contributed by atoms with Gasteiger partial charge in [0, 0.05) is 6.54 Å². The lowest BCUT2D eigenvalue weighted by Crippen LogP contribution is -1.95. The van der Waals surface area contributed by atoms with Crippen LogP contribution in [0.25, 0.3) is 11.5 Å². The zero-order chi connectivity index (χ0) is 9.97. The average Bonchev–Trinajstić information content (AvgIpc) is 2.85. The van der Waals surface area contributed by atoms with Crippen LogP contribution in [-0.2, 0) is 13.2 Å². The van der Waals surface area contributed by atoms with Crippen LogP contribution in [0.3, 0.4) is 0 Å². The highest BCUT2D eigenvalue weighted by molar-refractivity contribution is 5.48. The van der Waals surface area contributed by atoms with Crippen LogP contribution >= 0.6 is 0 Å². The predicted molar refractivity (Wildman–Crippen MR) is 51.4 cm³/mol. The van der Waals surface area contributed by atoms with Crippen molar-refractivity contribution in [1.29, 1.82) is 0 Å². The van der Waals surface area contributed by atoms with Crippen molar-refractivity contribution in [2.24, 2.45) is 0 Å². The molecule has 0 aliphatic rings. The molecule has 0 spiro atoms. The van der Waals surface area contributed by atoms with Gasteiger partial charge in [-0.1, -0.05) is 0 Å². The minimum absolute atomic E-state index is 0.0206.